The third-order valence-electron chi connectivity index (χ3n) is 3.75. The lowest BCUT2D eigenvalue weighted by Crippen LogP contribution is -2.33. The normalized spacial score (nSPS) is 11.6. The number of nitrogens with zero attached hydrogens (tertiary/aromatic N) is 1. The van der Waals surface area contributed by atoms with Crippen molar-refractivity contribution >= 4 is 5.91 Å². The molecule has 0 radical (unpaired) electrons. The van der Waals surface area contributed by atoms with Gasteiger partial charge < -0.3 is 10.6 Å². The van der Waals surface area contributed by atoms with Crippen molar-refractivity contribution in [1.82, 2.24) is 4.90 Å². The number of hydrogen-bond donors (Lipinski definition) is 1. The van der Waals surface area contributed by atoms with Crippen LogP contribution in [-0.4, -0.2) is 30.4 Å². The Labute approximate surface area is 119 Å². The molecule has 0 rings (SSSR count). The van der Waals surface area contributed by atoms with E-state index in [4.69, 9.17) is 5.73 Å². The largest absolute Gasteiger partial charge is 0.343 e. The van der Waals surface area contributed by atoms with Crippen molar-refractivity contribution in [3.05, 3.63) is 0 Å². The van der Waals surface area contributed by atoms with Crippen LogP contribution in [0.1, 0.15) is 72.6 Å². The van der Waals surface area contributed by atoms with Crippen LogP contribution < -0.4 is 5.73 Å². The zero-order valence-corrected chi connectivity index (χ0v) is 13.5. The Balaban J connectivity index is 4.21. The first-order valence-corrected chi connectivity index (χ1v) is 7.94. The lowest BCUT2D eigenvalue weighted by Gasteiger charge is -2.27. The fraction of sp³-hybridized carbons (Fsp3) is 0.938. The third-order valence-corrected chi connectivity index (χ3v) is 3.75. The second kappa shape index (κ2) is 10.2. The average Bonchev–Trinajstić information content (AvgIpc) is 2.36. The van der Waals surface area contributed by atoms with Gasteiger partial charge in [-0.2, -0.15) is 0 Å². The van der Waals surface area contributed by atoms with Gasteiger partial charge in [0.05, 0.1) is 0 Å². The van der Waals surface area contributed by atoms with Gasteiger partial charge in [-0.3, -0.25) is 4.79 Å². The molecule has 0 saturated heterocycles. The summed E-state index contributed by atoms with van der Waals surface area (Å²) in [5.41, 5.74) is 5.80. The molecule has 0 aliphatic carbocycles. The van der Waals surface area contributed by atoms with Gasteiger partial charge in [0, 0.05) is 19.5 Å². The van der Waals surface area contributed by atoms with E-state index in [9.17, 15) is 4.79 Å². The van der Waals surface area contributed by atoms with Crippen LogP contribution in [0, 0.1) is 5.41 Å². The highest BCUT2D eigenvalue weighted by Gasteiger charge is 2.20. The second-order valence-corrected chi connectivity index (χ2v) is 6.29. The predicted octanol–water partition coefficient (Wildman–Crippen LogP) is 3.57. The number of hydrogen-bond acceptors (Lipinski definition) is 2. The van der Waals surface area contributed by atoms with Crippen molar-refractivity contribution in [2.24, 2.45) is 11.1 Å². The molecule has 0 fully saturated rings. The highest BCUT2D eigenvalue weighted by molar-refractivity contribution is 5.76. The van der Waals surface area contributed by atoms with Crippen molar-refractivity contribution in [2.75, 3.05) is 19.6 Å². The minimum atomic E-state index is 0.186. The maximum Gasteiger partial charge on any atom is 0.222 e. The molecule has 0 spiro atoms. The fourth-order valence-corrected chi connectivity index (χ4v) is 2.18. The van der Waals surface area contributed by atoms with Gasteiger partial charge in [-0.05, 0) is 37.6 Å². The molecule has 0 heterocycles. The predicted molar refractivity (Wildman–Crippen MR) is 83.1 cm³/mol. The quantitative estimate of drug-likeness (QED) is 0.624. The van der Waals surface area contributed by atoms with Gasteiger partial charge in [-0.25, -0.2) is 0 Å². The van der Waals surface area contributed by atoms with E-state index in [0.717, 1.165) is 51.6 Å². The van der Waals surface area contributed by atoms with Crippen LogP contribution in [-0.2, 0) is 4.79 Å². The van der Waals surface area contributed by atoms with Crippen molar-refractivity contribution in [3.63, 3.8) is 0 Å². The summed E-state index contributed by atoms with van der Waals surface area (Å²) in [6.07, 6.45) is 7.12. The topological polar surface area (TPSA) is 46.3 Å². The molecule has 2 N–H and O–H groups in total. The van der Waals surface area contributed by atoms with E-state index < -0.39 is 0 Å². The molecule has 19 heavy (non-hydrogen) atoms. The number of unbranched alkanes of at least 4 members (excludes halogenated alkanes) is 2. The SMILES string of the molecule is CCCCN(CCCC)C(=O)CCC(C)(C)CCN. The number of nitrogens with two attached hydrogens (primary N) is 1. The van der Waals surface area contributed by atoms with Gasteiger partial charge in [0.15, 0.2) is 0 Å². The highest BCUT2D eigenvalue weighted by Crippen LogP contribution is 2.26. The summed E-state index contributed by atoms with van der Waals surface area (Å²) in [6, 6.07) is 0. The third kappa shape index (κ3) is 9.04. The molecule has 0 bridgehead atoms. The van der Waals surface area contributed by atoms with E-state index in [1.165, 1.54) is 0 Å². The van der Waals surface area contributed by atoms with E-state index in [-0.39, 0.29) is 5.41 Å². The second-order valence-electron chi connectivity index (χ2n) is 6.29. The Hall–Kier alpha value is -0.570. The minimum absolute atomic E-state index is 0.186. The maximum atomic E-state index is 12.3. The molecule has 0 aliphatic rings. The zero-order chi connectivity index (χ0) is 14.7. The minimum Gasteiger partial charge on any atom is -0.343 e. The summed E-state index contributed by atoms with van der Waals surface area (Å²) in [5, 5.41) is 0. The lowest BCUT2D eigenvalue weighted by atomic mass is 9.84. The van der Waals surface area contributed by atoms with Crippen molar-refractivity contribution in [2.45, 2.75) is 72.6 Å². The van der Waals surface area contributed by atoms with Crippen LogP contribution in [0.4, 0.5) is 0 Å². The molecular weight excluding hydrogens is 236 g/mol. The summed E-state index contributed by atoms with van der Waals surface area (Å²) in [5.74, 6) is 0.326. The average molecular weight is 270 g/mol. The molecular formula is C16H34N2O. The molecule has 0 aromatic heterocycles. The lowest BCUT2D eigenvalue weighted by molar-refractivity contribution is -0.132. The van der Waals surface area contributed by atoms with Gasteiger partial charge in [0.1, 0.15) is 0 Å². The van der Waals surface area contributed by atoms with E-state index in [1.54, 1.807) is 0 Å². The first kappa shape index (κ1) is 18.4. The van der Waals surface area contributed by atoms with Crippen LogP contribution in [0.3, 0.4) is 0 Å². The van der Waals surface area contributed by atoms with Crippen LogP contribution in [0.2, 0.25) is 0 Å². The monoisotopic (exact) mass is 270 g/mol. The van der Waals surface area contributed by atoms with E-state index >= 15 is 0 Å². The molecule has 1 amide bonds. The van der Waals surface area contributed by atoms with Gasteiger partial charge in [0.2, 0.25) is 5.91 Å². The molecule has 0 aromatic rings. The van der Waals surface area contributed by atoms with Gasteiger partial charge in [0.25, 0.3) is 0 Å². The van der Waals surface area contributed by atoms with Crippen molar-refractivity contribution < 1.29 is 4.79 Å². The molecule has 0 atom stereocenters. The van der Waals surface area contributed by atoms with Crippen LogP contribution >= 0.6 is 0 Å². The standard InChI is InChI=1S/C16H34N2O/c1-5-7-13-18(14-8-6-2)15(19)9-10-16(3,4)11-12-17/h5-14,17H2,1-4H3. The first-order chi connectivity index (χ1) is 8.96. The summed E-state index contributed by atoms with van der Waals surface area (Å²) in [7, 11) is 0. The van der Waals surface area contributed by atoms with E-state index in [1.807, 2.05) is 0 Å². The molecule has 3 nitrogen and oxygen atoms in total. The number of amides is 1. The van der Waals surface area contributed by atoms with Gasteiger partial charge >= 0.3 is 0 Å². The van der Waals surface area contributed by atoms with Crippen LogP contribution in [0.15, 0.2) is 0 Å². The van der Waals surface area contributed by atoms with Crippen LogP contribution in [0.25, 0.3) is 0 Å². The summed E-state index contributed by atoms with van der Waals surface area (Å²) in [4.78, 5) is 14.4. The molecule has 3 heteroatoms. The molecule has 0 saturated carbocycles. The maximum absolute atomic E-state index is 12.3. The molecule has 0 aliphatic heterocycles. The van der Waals surface area contributed by atoms with E-state index in [2.05, 4.69) is 32.6 Å². The highest BCUT2D eigenvalue weighted by atomic mass is 16.2. The first-order valence-electron chi connectivity index (χ1n) is 7.94. The molecule has 0 unspecified atom stereocenters. The Kier molecular flexibility index (Phi) is 9.94. The smallest absolute Gasteiger partial charge is 0.222 e. The number of rotatable bonds is 11. The van der Waals surface area contributed by atoms with E-state index in [0.29, 0.717) is 18.9 Å². The Morgan fingerprint density at radius 2 is 1.58 bits per heavy atom. The van der Waals surface area contributed by atoms with Gasteiger partial charge in [-0.15, -0.1) is 0 Å². The molecule has 0 aromatic carbocycles. The number of carbonyl (C=O) groups excluding carboxylic acids is 1. The van der Waals surface area contributed by atoms with Crippen molar-refractivity contribution in [3.8, 4) is 0 Å². The zero-order valence-electron chi connectivity index (χ0n) is 13.5. The summed E-state index contributed by atoms with van der Waals surface area (Å²) >= 11 is 0. The van der Waals surface area contributed by atoms with Crippen LogP contribution in [0.5, 0.6) is 0 Å². The summed E-state index contributed by atoms with van der Waals surface area (Å²) in [6.45, 7) is 11.3. The fourth-order valence-electron chi connectivity index (χ4n) is 2.18. The molecule has 114 valence electrons. The van der Waals surface area contributed by atoms with Crippen molar-refractivity contribution in [1.29, 1.82) is 0 Å². The van der Waals surface area contributed by atoms with Gasteiger partial charge in [-0.1, -0.05) is 40.5 Å². The Morgan fingerprint density at radius 1 is 1.05 bits per heavy atom. The Morgan fingerprint density at radius 3 is 2.00 bits per heavy atom. The summed E-state index contributed by atoms with van der Waals surface area (Å²) < 4.78 is 0. The Bertz CT molecular complexity index is 231. The number of carbonyl (C=O) groups is 1.